The summed E-state index contributed by atoms with van der Waals surface area (Å²) in [6.07, 6.45) is 0. The molecule has 0 saturated carbocycles. The number of nitrogens with zero attached hydrogens (tertiary/aromatic N) is 1. The van der Waals surface area contributed by atoms with E-state index in [1.807, 2.05) is 42.6 Å². The molecule has 0 aliphatic rings. The molecule has 122 valence electrons. The first kappa shape index (κ1) is 16.5. The molecule has 0 spiro atoms. The number of rotatable bonds is 5. The van der Waals surface area contributed by atoms with Crippen LogP contribution in [-0.4, -0.2) is 21.8 Å². The third-order valence-electron chi connectivity index (χ3n) is 3.28. The van der Waals surface area contributed by atoms with E-state index in [-0.39, 0.29) is 11.7 Å². The van der Waals surface area contributed by atoms with Gasteiger partial charge in [-0.1, -0.05) is 29.8 Å². The van der Waals surface area contributed by atoms with E-state index in [0.29, 0.717) is 10.9 Å². The summed E-state index contributed by atoms with van der Waals surface area (Å²) in [7, 11) is 0. The Bertz CT molecular complexity index is 844. The summed E-state index contributed by atoms with van der Waals surface area (Å²) in [6, 6.07) is 15.0. The molecule has 4 nitrogen and oxygen atoms in total. The molecule has 0 fully saturated rings. The second-order valence-corrected chi connectivity index (χ2v) is 7.14. The lowest BCUT2D eigenvalue weighted by Crippen LogP contribution is -2.13. The molecular formula is C18H16N2O2S2. The van der Waals surface area contributed by atoms with Gasteiger partial charge in [0.25, 0.3) is 0 Å². The number of anilines is 1. The van der Waals surface area contributed by atoms with Gasteiger partial charge in [0, 0.05) is 15.8 Å². The van der Waals surface area contributed by atoms with Crippen LogP contribution in [-0.2, 0) is 4.79 Å². The Morgan fingerprint density at radius 2 is 2.04 bits per heavy atom. The Labute approximate surface area is 148 Å². The van der Waals surface area contributed by atoms with Gasteiger partial charge >= 0.3 is 0 Å². The summed E-state index contributed by atoms with van der Waals surface area (Å²) in [6.45, 7) is 2.04. The standard InChI is InChI=1S/C18H16N2O2S2/c1-12-5-7-15(8-6-12)23-11-17(22)20-18-19-16(10-24-18)13-3-2-4-14(21)9-13/h2-10,21H,11H2,1H3,(H,19,20,22). The molecule has 24 heavy (non-hydrogen) atoms. The van der Waals surface area contributed by atoms with Gasteiger partial charge in [-0.2, -0.15) is 0 Å². The average molecular weight is 356 g/mol. The summed E-state index contributed by atoms with van der Waals surface area (Å²) in [5.74, 6) is 0.447. The fraction of sp³-hybridized carbons (Fsp3) is 0.111. The number of phenolic OH excluding ortho intramolecular Hbond substituents is 1. The summed E-state index contributed by atoms with van der Waals surface area (Å²) in [5.41, 5.74) is 2.75. The van der Waals surface area contributed by atoms with Crippen molar-refractivity contribution in [2.45, 2.75) is 11.8 Å². The normalized spacial score (nSPS) is 10.5. The number of nitrogens with one attached hydrogen (secondary N) is 1. The van der Waals surface area contributed by atoms with Crippen LogP contribution in [0, 0.1) is 6.92 Å². The molecule has 6 heteroatoms. The fourth-order valence-corrected chi connectivity index (χ4v) is 3.50. The van der Waals surface area contributed by atoms with Crippen LogP contribution in [0.15, 0.2) is 58.8 Å². The predicted molar refractivity (Wildman–Crippen MR) is 99.7 cm³/mol. The van der Waals surface area contributed by atoms with Crippen molar-refractivity contribution in [1.29, 1.82) is 0 Å². The monoisotopic (exact) mass is 356 g/mol. The predicted octanol–water partition coefficient (Wildman–Crippen LogP) is 4.55. The number of thioether (sulfide) groups is 1. The molecule has 2 N–H and O–H groups in total. The summed E-state index contributed by atoms with van der Waals surface area (Å²) < 4.78 is 0. The second kappa shape index (κ2) is 7.51. The van der Waals surface area contributed by atoms with Crippen molar-refractivity contribution >= 4 is 34.1 Å². The van der Waals surface area contributed by atoms with E-state index < -0.39 is 0 Å². The van der Waals surface area contributed by atoms with Gasteiger partial charge in [0.15, 0.2) is 5.13 Å². The molecule has 0 bridgehead atoms. The summed E-state index contributed by atoms with van der Waals surface area (Å²) >= 11 is 2.86. The first-order valence-electron chi connectivity index (χ1n) is 7.34. The van der Waals surface area contributed by atoms with Gasteiger partial charge in [0.2, 0.25) is 5.91 Å². The number of benzene rings is 2. The van der Waals surface area contributed by atoms with Crippen LogP contribution in [0.1, 0.15) is 5.56 Å². The van der Waals surface area contributed by atoms with Crippen LogP contribution in [0.25, 0.3) is 11.3 Å². The first-order valence-corrected chi connectivity index (χ1v) is 9.21. The number of hydrogen-bond donors (Lipinski definition) is 2. The molecular weight excluding hydrogens is 340 g/mol. The number of hydrogen-bond acceptors (Lipinski definition) is 5. The smallest absolute Gasteiger partial charge is 0.236 e. The van der Waals surface area contributed by atoms with Crippen LogP contribution in [0.2, 0.25) is 0 Å². The van der Waals surface area contributed by atoms with Gasteiger partial charge in [0.1, 0.15) is 5.75 Å². The zero-order valence-corrected chi connectivity index (χ0v) is 14.7. The van der Waals surface area contributed by atoms with Crippen LogP contribution < -0.4 is 5.32 Å². The van der Waals surface area contributed by atoms with Crippen LogP contribution >= 0.6 is 23.1 Å². The number of carbonyl (C=O) groups is 1. The molecule has 3 aromatic rings. The summed E-state index contributed by atoms with van der Waals surface area (Å²) in [5, 5.41) is 14.8. The topological polar surface area (TPSA) is 62.2 Å². The number of amides is 1. The number of aryl methyl sites for hydroxylation is 1. The maximum absolute atomic E-state index is 12.0. The highest BCUT2D eigenvalue weighted by atomic mass is 32.2. The summed E-state index contributed by atoms with van der Waals surface area (Å²) in [4.78, 5) is 17.5. The van der Waals surface area contributed by atoms with Crippen LogP contribution in [0.4, 0.5) is 5.13 Å². The molecule has 0 atom stereocenters. The van der Waals surface area contributed by atoms with E-state index in [9.17, 15) is 9.90 Å². The van der Waals surface area contributed by atoms with E-state index in [0.717, 1.165) is 16.2 Å². The second-order valence-electron chi connectivity index (χ2n) is 5.24. The van der Waals surface area contributed by atoms with Crippen molar-refractivity contribution < 1.29 is 9.90 Å². The lowest BCUT2D eigenvalue weighted by atomic mass is 10.2. The highest BCUT2D eigenvalue weighted by Crippen LogP contribution is 2.27. The quantitative estimate of drug-likeness (QED) is 0.658. The molecule has 0 aliphatic carbocycles. The van der Waals surface area contributed by atoms with Crippen molar-refractivity contribution in [2.24, 2.45) is 0 Å². The highest BCUT2D eigenvalue weighted by molar-refractivity contribution is 8.00. The first-order chi connectivity index (χ1) is 11.6. The zero-order chi connectivity index (χ0) is 16.9. The third-order valence-corrected chi connectivity index (χ3v) is 5.05. The molecule has 1 heterocycles. The molecule has 1 aromatic heterocycles. The fourth-order valence-electron chi connectivity index (χ4n) is 2.07. The Balaban J connectivity index is 1.58. The largest absolute Gasteiger partial charge is 0.508 e. The highest BCUT2D eigenvalue weighted by Gasteiger charge is 2.09. The minimum atomic E-state index is -0.0858. The third kappa shape index (κ3) is 4.37. The minimum absolute atomic E-state index is 0.0858. The van der Waals surface area contributed by atoms with Gasteiger partial charge in [0.05, 0.1) is 11.4 Å². The van der Waals surface area contributed by atoms with Gasteiger partial charge in [-0.25, -0.2) is 4.98 Å². The average Bonchev–Trinajstić information content (AvgIpc) is 3.03. The maximum atomic E-state index is 12.0. The van der Waals surface area contributed by atoms with Crippen molar-refractivity contribution in [2.75, 3.05) is 11.1 Å². The van der Waals surface area contributed by atoms with E-state index in [1.54, 1.807) is 18.2 Å². The molecule has 0 aliphatic heterocycles. The SMILES string of the molecule is Cc1ccc(SCC(=O)Nc2nc(-c3cccc(O)c3)cs2)cc1. The van der Waals surface area contributed by atoms with Gasteiger partial charge in [-0.05, 0) is 31.2 Å². The zero-order valence-electron chi connectivity index (χ0n) is 13.0. The molecule has 1 amide bonds. The number of thiazole rings is 1. The maximum Gasteiger partial charge on any atom is 0.236 e. The Kier molecular flexibility index (Phi) is 5.17. The molecule has 0 saturated heterocycles. The van der Waals surface area contributed by atoms with Crippen LogP contribution in [0.5, 0.6) is 5.75 Å². The number of carbonyl (C=O) groups excluding carboxylic acids is 1. The van der Waals surface area contributed by atoms with Crippen molar-refractivity contribution in [3.05, 3.63) is 59.5 Å². The van der Waals surface area contributed by atoms with E-state index in [1.165, 1.54) is 28.7 Å². The Hall–Kier alpha value is -2.31. The van der Waals surface area contributed by atoms with Crippen LogP contribution in [0.3, 0.4) is 0 Å². The van der Waals surface area contributed by atoms with Crippen molar-refractivity contribution in [3.8, 4) is 17.0 Å². The number of aromatic nitrogens is 1. The van der Waals surface area contributed by atoms with Gasteiger partial charge in [-0.3, -0.25) is 4.79 Å². The molecule has 3 rings (SSSR count). The van der Waals surface area contributed by atoms with E-state index >= 15 is 0 Å². The van der Waals surface area contributed by atoms with Crippen molar-refractivity contribution in [1.82, 2.24) is 4.98 Å². The van der Waals surface area contributed by atoms with E-state index in [4.69, 9.17) is 0 Å². The van der Waals surface area contributed by atoms with E-state index in [2.05, 4.69) is 10.3 Å². The minimum Gasteiger partial charge on any atom is -0.508 e. The lowest BCUT2D eigenvalue weighted by Gasteiger charge is -2.03. The molecule has 0 radical (unpaired) electrons. The number of phenols is 1. The molecule has 0 unspecified atom stereocenters. The Morgan fingerprint density at radius 1 is 1.25 bits per heavy atom. The number of aromatic hydroxyl groups is 1. The van der Waals surface area contributed by atoms with Gasteiger partial charge < -0.3 is 10.4 Å². The Morgan fingerprint density at radius 3 is 2.79 bits per heavy atom. The van der Waals surface area contributed by atoms with Crippen molar-refractivity contribution in [3.63, 3.8) is 0 Å². The lowest BCUT2D eigenvalue weighted by molar-refractivity contribution is -0.113. The van der Waals surface area contributed by atoms with Gasteiger partial charge in [-0.15, -0.1) is 23.1 Å². The molecule has 2 aromatic carbocycles.